The van der Waals surface area contributed by atoms with Crippen molar-refractivity contribution in [2.45, 2.75) is 39.5 Å². The number of carbonyl (C=O) groups is 1. The Morgan fingerprint density at radius 1 is 1.03 bits per heavy atom. The highest BCUT2D eigenvalue weighted by Crippen LogP contribution is 2.27. The number of aryl methyl sites for hydroxylation is 2. The summed E-state index contributed by atoms with van der Waals surface area (Å²) >= 11 is 0. The monoisotopic (exact) mass is 476 g/mol. The molecule has 2 fully saturated rings. The molecule has 3 heterocycles. The number of anilines is 1. The lowest BCUT2D eigenvalue weighted by Crippen LogP contribution is -2.47. The molecule has 0 radical (unpaired) electrons. The van der Waals surface area contributed by atoms with Gasteiger partial charge >= 0.3 is 0 Å². The number of hydrogen-bond donors (Lipinski definition) is 0. The van der Waals surface area contributed by atoms with Crippen molar-refractivity contribution in [3.63, 3.8) is 0 Å². The molecule has 1 aromatic heterocycles. The number of hydrogen-bond acceptors (Lipinski definition) is 5. The van der Waals surface area contributed by atoms with Gasteiger partial charge in [-0.1, -0.05) is 11.6 Å². The molecule has 7 heteroatoms. The predicted molar refractivity (Wildman–Crippen MR) is 135 cm³/mol. The maximum atomic E-state index is 13.3. The van der Waals surface area contributed by atoms with Gasteiger partial charge in [0.25, 0.3) is 0 Å². The molecule has 0 saturated carbocycles. The van der Waals surface area contributed by atoms with Crippen LogP contribution in [0, 0.1) is 31.5 Å². The van der Waals surface area contributed by atoms with E-state index in [1.54, 1.807) is 12.1 Å². The molecule has 2 aliphatic heterocycles. The minimum atomic E-state index is -0.268. The standard InChI is InChI=1S/C28H33FN4O2/c1-19-5-10-26-25(16-19)20(2)30-28(31-26)32-14-11-22(12-15-32)27(34)33-13-3-4-21(17-33)18-35-24-8-6-23(29)7-9-24/h5-10,16,21-22H,3-4,11-15,17-18H2,1-2H3. The molecule has 35 heavy (non-hydrogen) atoms. The van der Waals surface area contributed by atoms with Gasteiger partial charge in [-0.05, 0) is 75.9 Å². The number of fused-ring (bicyclic) bond motifs is 1. The van der Waals surface area contributed by atoms with Crippen LogP contribution in [0.15, 0.2) is 42.5 Å². The van der Waals surface area contributed by atoms with E-state index in [2.05, 4.69) is 30.0 Å². The lowest BCUT2D eigenvalue weighted by molar-refractivity contribution is -0.138. The van der Waals surface area contributed by atoms with Crippen molar-refractivity contribution in [3.8, 4) is 5.75 Å². The Morgan fingerprint density at radius 3 is 2.57 bits per heavy atom. The van der Waals surface area contributed by atoms with Crippen LogP contribution in [-0.4, -0.2) is 53.6 Å². The fraction of sp³-hybridized carbons (Fsp3) is 0.464. The van der Waals surface area contributed by atoms with E-state index in [9.17, 15) is 9.18 Å². The van der Waals surface area contributed by atoms with Gasteiger partial charge in [-0.25, -0.2) is 14.4 Å². The Labute approximate surface area is 206 Å². The molecule has 6 nitrogen and oxygen atoms in total. The van der Waals surface area contributed by atoms with Gasteiger partial charge in [-0.15, -0.1) is 0 Å². The van der Waals surface area contributed by atoms with Crippen molar-refractivity contribution in [1.29, 1.82) is 0 Å². The van der Waals surface area contributed by atoms with Crippen LogP contribution in [0.4, 0.5) is 10.3 Å². The normalized spacial score (nSPS) is 19.2. The number of ether oxygens (including phenoxy) is 1. The van der Waals surface area contributed by atoms with E-state index in [1.165, 1.54) is 17.7 Å². The average molecular weight is 477 g/mol. The van der Waals surface area contributed by atoms with Gasteiger partial charge in [-0.3, -0.25) is 4.79 Å². The lowest BCUT2D eigenvalue weighted by atomic mass is 9.92. The van der Waals surface area contributed by atoms with E-state index in [1.807, 2.05) is 11.8 Å². The van der Waals surface area contributed by atoms with Crippen molar-refractivity contribution in [2.24, 2.45) is 11.8 Å². The summed E-state index contributed by atoms with van der Waals surface area (Å²) < 4.78 is 19.0. The first kappa shape index (κ1) is 23.5. The zero-order valence-corrected chi connectivity index (χ0v) is 20.5. The number of likely N-dealkylation sites (tertiary alicyclic amines) is 1. The third-order valence-electron chi connectivity index (χ3n) is 7.29. The highest BCUT2D eigenvalue weighted by Gasteiger charge is 2.32. The van der Waals surface area contributed by atoms with Crippen molar-refractivity contribution in [2.75, 3.05) is 37.7 Å². The molecule has 0 aliphatic carbocycles. The fourth-order valence-corrected chi connectivity index (χ4v) is 5.25. The Kier molecular flexibility index (Phi) is 6.84. The van der Waals surface area contributed by atoms with Crippen LogP contribution in [0.1, 0.15) is 36.9 Å². The molecule has 0 bridgehead atoms. The van der Waals surface area contributed by atoms with Crippen LogP contribution in [-0.2, 0) is 4.79 Å². The summed E-state index contributed by atoms with van der Waals surface area (Å²) in [5.74, 6) is 1.78. The number of halogens is 1. The molecular formula is C28H33FN4O2. The Bertz CT molecular complexity index is 1190. The van der Waals surface area contributed by atoms with Gasteiger partial charge in [0.05, 0.1) is 17.8 Å². The van der Waals surface area contributed by atoms with Crippen molar-refractivity contribution in [3.05, 3.63) is 59.5 Å². The molecular weight excluding hydrogens is 443 g/mol. The maximum Gasteiger partial charge on any atom is 0.226 e. The van der Waals surface area contributed by atoms with Crippen LogP contribution < -0.4 is 9.64 Å². The van der Waals surface area contributed by atoms with E-state index in [4.69, 9.17) is 14.7 Å². The van der Waals surface area contributed by atoms with Crippen LogP contribution in [0.25, 0.3) is 10.9 Å². The van der Waals surface area contributed by atoms with Crippen molar-refractivity contribution in [1.82, 2.24) is 14.9 Å². The second kappa shape index (κ2) is 10.2. The van der Waals surface area contributed by atoms with Crippen LogP contribution in [0.2, 0.25) is 0 Å². The largest absolute Gasteiger partial charge is 0.493 e. The van der Waals surface area contributed by atoms with Gasteiger partial charge in [0, 0.05) is 43.4 Å². The summed E-state index contributed by atoms with van der Waals surface area (Å²) in [6.07, 6.45) is 3.67. The molecule has 1 amide bonds. The van der Waals surface area contributed by atoms with E-state index in [0.717, 1.165) is 74.4 Å². The summed E-state index contributed by atoms with van der Waals surface area (Å²) in [5.41, 5.74) is 3.17. The molecule has 0 spiro atoms. The van der Waals surface area contributed by atoms with Gasteiger partial charge in [0.2, 0.25) is 11.9 Å². The topological polar surface area (TPSA) is 58.6 Å². The zero-order valence-electron chi connectivity index (χ0n) is 20.5. The number of carbonyl (C=O) groups excluding carboxylic acids is 1. The summed E-state index contributed by atoms with van der Waals surface area (Å²) in [4.78, 5) is 27.1. The van der Waals surface area contributed by atoms with Crippen LogP contribution in [0.3, 0.4) is 0 Å². The van der Waals surface area contributed by atoms with Gasteiger partial charge in [0.15, 0.2) is 0 Å². The van der Waals surface area contributed by atoms with Crippen LogP contribution >= 0.6 is 0 Å². The molecule has 5 rings (SSSR count). The van der Waals surface area contributed by atoms with Gasteiger partial charge < -0.3 is 14.5 Å². The molecule has 2 aromatic carbocycles. The predicted octanol–water partition coefficient (Wildman–Crippen LogP) is 4.92. The lowest BCUT2D eigenvalue weighted by Gasteiger charge is -2.37. The van der Waals surface area contributed by atoms with E-state index in [-0.39, 0.29) is 17.6 Å². The molecule has 2 aliphatic rings. The Balaban J connectivity index is 1.15. The maximum absolute atomic E-state index is 13.3. The molecule has 3 aromatic rings. The molecule has 184 valence electrons. The molecule has 0 N–H and O–H groups in total. The van der Waals surface area contributed by atoms with Gasteiger partial charge in [0.1, 0.15) is 11.6 Å². The number of aromatic nitrogens is 2. The third kappa shape index (κ3) is 5.39. The second-order valence-electron chi connectivity index (χ2n) is 9.95. The summed E-state index contributed by atoms with van der Waals surface area (Å²) in [5, 5.41) is 1.10. The fourth-order valence-electron chi connectivity index (χ4n) is 5.25. The molecule has 1 atom stereocenters. The first-order valence-electron chi connectivity index (χ1n) is 12.6. The summed E-state index contributed by atoms with van der Waals surface area (Å²) in [7, 11) is 0. The first-order valence-corrected chi connectivity index (χ1v) is 12.6. The average Bonchev–Trinajstić information content (AvgIpc) is 2.88. The quantitative estimate of drug-likeness (QED) is 0.523. The highest BCUT2D eigenvalue weighted by atomic mass is 19.1. The number of nitrogens with zero attached hydrogens (tertiary/aromatic N) is 4. The number of benzene rings is 2. The Hall–Kier alpha value is -3.22. The van der Waals surface area contributed by atoms with Crippen LogP contribution in [0.5, 0.6) is 5.75 Å². The minimum absolute atomic E-state index is 0.0484. The zero-order chi connectivity index (χ0) is 24.4. The first-order chi connectivity index (χ1) is 17.0. The smallest absolute Gasteiger partial charge is 0.226 e. The second-order valence-corrected chi connectivity index (χ2v) is 9.95. The van der Waals surface area contributed by atoms with Gasteiger partial charge in [-0.2, -0.15) is 0 Å². The SMILES string of the molecule is Cc1ccc2nc(N3CCC(C(=O)N4CCCC(COc5ccc(F)cc5)C4)CC3)nc(C)c2c1. The van der Waals surface area contributed by atoms with Crippen molar-refractivity contribution < 1.29 is 13.9 Å². The number of rotatable bonds is 5. The Morgan fingerprint density at radius 2 is 1.80 bits per heavy atom. The number of piperidine rings is 2. The van der Waals surface area contributed by atoms with E-state index >= 15 is 0 Å². The summed E-state index contributed by atoms with van der Waals surface area (Å²) in [6.45, 7) is 7.79. The van der Waals surface area contributed by atoms with E-state index in [0.29, 0.717) is 18.3 Å². The number of amides is 1. The third-order valence-corrected chi connectivity index (χ3v) is 7.29. The van der Waals surface area contributed by atoms with Crippen molar-refractivity contribution >= 4 is 22.8 Å². The van der Waals surface area contributed by atoms with E-state index < -0.39 is 0 Å². The highest BCUT2D eigenvalue weighted by molar-refractivity contribution is 5.82. The molecule has 2 saturated heterocycles. The minimum Gasteiger partial charge on any atom is -0.493 e. The summed E-state index contributed by atoms with van der Waals surface area (Å²) in [6, 6.07) is 12.4. The molecule has 1 unspecified atom stereocenters.